The minimum atomic E-state index is -0.243. The van der Waals surface area contributed by atoms with Crippen LogP contribution in [0, 0.1) is 13.8 Å². The highest BCUT2D eigenvalue weighted by molar-refractivity contribution is 7.15. The maximum Gasteiger partial charge on any atom is 0.322 e. The first-order valence-electron chi connectivity index (χ1n) is 4.62. The minimum Gasteiger partial charge on any atom is -0.402 e. The zero-order valence-electron chi connectivity index (χ0n) is 9.07. The number of aromatic nitrogens is 3. The van der Waals surface area contributed by atoms with Crippen molar-refractivity contribution in [3.63, 3.8) is 0 Å². The first kappa shape index (κ1) is 10.7. The summed E-state index contributed by atoms with van der Waals surface area (Å²) in [7, 11) is 0. The van der Waals surface area contributed by atoms with Crippen LogP contribution in [-0.2, 0) is 4.79 Å². The van der Waals surface area contributed by atoms with Crippen molar-refractivity contribution >= 4 is 23.3 Å². The minimum absolute atomic E-state index is 0.105. The quantitative estimate of drug-likeness (QED) is 0.862. The van der Waals surface area contributed by atoms with Crippen LogP contribution in [0.2, 0.25) is 0 Å². The highest BCUT2D eigenvalue weighted by Gasteiger charge is 2.15. The highest BCUT2D eigenvalue weighted by Crippen LogP contribution is 2.29. The van der Waals surface area contributed by atoms with Gasteiger partial charge in [-0.3, -0.25) is 10.1 Å². The molecule has 0 aliphatic rings. The number of amides is 1. The molecule has 0 radical (unpaired) electrons. The Hall–Kier alpha value is -1.76. The fourth-order valence-corrected chi connectivity index (χ4v) is 2.09. The lowest BCUT2D eigenvalue weighted by molar-refractivity contribution is -0.114. The Morgan fingerprint density at radius 2 is 2.12 bits per heavy atom. The Morgan fingerprint density at radius 1 is 1.38 bits per heavy atom. The summed E-state index contributed by atoms with van der Waals surface area (Å²) in [6.45, 7) is 5.17. The Labute approximate surface area is 95.7 Å². The van der Waals surface area contributed by atoms with Crippen molar-refractivity contribution in [2.45, 2.75) is 20.8 Å². The number of carbonyl (C=O) groups excluding carboxylic acids is 1. The molecule has 1 amide bonds. The first-order chi connectivity index (χ1) is 7.56. The van der Waals surface area contributed by atoms with Crippen molar-refractivity contribution in [2.75, 3.05) is 5.32 Å². The van der Waals surface area contributed by atoms with Crippen molar-refractivity contribution < 1.29 is 9.21 Å². The van der Waals surface area contributed by atoms with Gasteiger partial charge in [-0.15, -0.1) is 16.4 Å². The number of nitrogens with zero attached hydrogens (tertiary/aromatic N) is 3. The molecule has 2 aromatic rings. The molecule has 0 atom stereocenters. The normalized spacial score (nSPS) is 10.4. The van der Waals surface area contributed by atoms with Crippen LogP contribution in [0.15, 0.2) is 4.42 Å². The number of rotatable bonds is 2. The lowest BCUT2D eigenvalue weighted by atomic mass is 10.4. The van der Waals surface area contributed by atoms with Gasteiger partial charge in [0.15, 0.2) is 0 Å². The summed E-state index contributed by atoms with van der Waals surface area (Å²) in [5.74, 6) is 0.138. The zero-order valence-corrected chi connectivity index (χ0v) is 9.88. The predicted octanol–water partition coefficient (Wildman–Crippen LogP) is 1.77. The molecule has 0 saturated carbocycles. The van der Waals surface area contributed by atoms with E-state index in [1.807, 2.05) is 13.8 Å². The molecule has 2 aromatic heterocycles. The van der Waals surface area contributed by atoms with E-state index >= 15 is 0 Å². The molecule has 6 nitrogen and oxygen atoms in total. The molecule has 16 heavy (non-hydrogen) atoms. The van der Waals surface area contributed by atoms with E-state index in [0.717, 1.165) is 15.6 Å². The fourth-order valence-electron chi connectivity index (χ4n) is 1.25. The van der Waals surface area contributed by atoms with E-state index in [1.54, 1.807) is 0 Å². The van der Waals surface area contributed by atoms with Crippen LogP contribution >= 0.6 is 11.3 Å². The van der Waals surface area contributed by atoms with Crippen LogP contribution in [-0.4, -0.2) is 21.1 Å². The second kappa shape index (κ2) is 4.01. The molecule has 0 fully saturated rings. The standard InChI is InChI=1S/C9H10N4O2S/c1-4-7(16-6(3)10-4)8-12-13-9(15-8)11-5(2)14/h1-3H3,(H,11,13,14). The third kappa shape index (κ3) is 2.08. The molecule has 0 saturated heterocycles. The topological polar surface area (TPSA) is 80.9 Å². The van der Waals surface area contributed by atoms with Gasteiger partial charge in [-0.25, -0.2) is 4.98 Å². The summed E-state index contributed by atoms with van der Waals surface area (Å²) < 4.78 is 5.29. The van der Waals surface area contributed by atoms with Crippen molar-refractivity contribution in [1.82, 2.24) is 15.2 Å². The van der Waals surface area contributed by atoms with Crippen LogP contribution in [0.5, 0.6) is 0 Å². The van der Waals surface area contributed by atoms with Gasteiger partial charge in [-0.05, 0) is 13.8 Å². The van der Waals surface area contributed by atoms with Gasteiger partial charge in [-0.2, -0.15) is 0 Å². The van der Waals surface area contributed by atoms with E-state index in [-0.39, 0.29) is 11.9 Å². The fraction of sp³-hybridized carbons (Fsp3) is 0.333. The van der Waals surface area contributed by atoms with E-state index in [9.17, 15) is 4.79 Å². The molecule has 2 rings (SSSR count). The molecule has 0 bridgehead atoms. The number of hydrogen-bond donors (Lipinski definition) is 1. The molecule has 2 heterocycles. The number of aryl methyl sites for hydroxylation is 2. The van der Waals surface area contributed by atoms with E-state index in [4.69, 9.17) is 4.42 Å². The number of thiazole rings is 1. The van der Waals surface area contributed by atoms with Crippen molar-refractivity contribution in [3.05, 3.63) is 10.7 Å². The second-order valence-corrected chi connectivity index (χ2v) is 4.44. The molecule has 0 aliphatic heterocycles. The van der Waals surface area contributed by atoms with E-state index in [1.165, 1.54) is 18.3 Å². The Morgan fingerprint density at radius 3 is 2.69 bits per heavy atom. The Kier molecular flexibility index (Phi) is 2.69. The summed E-state index contributed by atoms with van der Waals surface area (Å²) in [4.78, 5) is 15.9. The van der Waals surface area contributed by atoms with Gasteiger partial charge in [0.25, 0.3) is 5.89 Å². The number of carbonyl (C=O) groups is 1. The van der Waals surface area contributed by atoms with Crippen molar-refractivity contribution in [1.29, 1.82) is 0 Å². The van der Waals surface area contributed by atoms with E-state index in [2.05, 4.69) is 20.5 Å². The molecular formula is C9H10N4O2S. The van der Waals surface area contributed by atoms with Crippen LogP contribution in [0.3, 0.4) is 0 Å². The van der Waals surface area contributed by atoms with Gasteiger partial charge in [0.05, 0.1) is 10.7 Å². The third-order valence-electron chi connectivity index (χ3n) is 1.81. The van der Waals surface area contributed by atoms with E-state index < -0.39 is 0 Å². The summed E-state index contributed by atoms with van der Waals surface area (Å²) in [5.41, 5.74) is 0.848. The highest BCUT2D eigenvalue weighted by atomic mass is 32.1. The zero-order chi connectivity index (χ0) is 11.7. The van der Waals surface area contributed by atoms with Crippen molar-refractivity contribution in [3.8, 4) is 10.8 Å². The Bertz CT molecular complexity index is 531. The molecule has 1 N–H and O–H groups in total. The van der Waals surface area contributed by atoms with Crippen LogP contribution in [0.25, 0.3) is 10.8 Å². The largest absolute Gasteiger partial charge is 0.402 e. The molecule has 0 aliphatic carbocycles. The maximum absolute atomic E-state index is 10.8. The summed E-state index contributed by atoms with van der Waals surface area (Å²) in [6, 6.07) is 0.105. The van der Waals surface area contributed by atoms with Gasteiger partial charge in [0, 0.05) is 6.92 Å². The maximum atomic E-state index is 10.8. The number of nitrogens with one attached hydrogen (secondary N) is 1. The second-order valence-electron chi connectivity index (χ2n) is 3.24. The summed E-state index contributed by atoms with van der Waals surface area (Å²) in [6.07, 6.45) is 0. The summed E-state index contributed by atoms with van der Waals surface area (Å²) in [5, 5.41) is 10.9. The van der Waals surface area contributed by atoms with Gasteiger partial charge in [-0.1, -0.05) is 5.10 Å². The van der Waals surface area contributed by atoms with E-state index in [0.29, 0.717) is 5.89 Å². The lowest BCUT2D eigenvalue weighted by Crippen LogP contribution is -2.05. The van der Waals surface area contributed by atoms with Crippen LogP contribution in [0.4, 0.5) is 6.01 Å². The summed E-state index contributed by atoms with van der Waals surface area (Å²) >= 11 is 1.48. The third-order valence-corrected chi connectivity index (χ3v) is 2.87. The predicted molar refractivity (Wildman–Crippen MR) is 59.2 cm³/mol. The molecule has 0 aromatic carbocycles. The van der Waals surface area contributed by atoms with Gasteiger partial charge in [0.1, 0.15) is 4.88 Å². The smallest absolute Gasteiger partial charge is 0.322 e. The first-order valence-corrected chi connectivity index (χ1v) is 5.43. The number of anilines is 1. The Balaban J connectivity index is 2.31. The van der Waals surface area contributed by atoms with Crippen LogP contribution < -0.4 is 5.32 Å². The van der Waals surface area contributed by atoms with Crippen molar-refractivity contribution in [2.24, 2.45) is 0 Å². The molecule has 0 unspecified atom stereocenters. The van der Waals surface area contributed by atoms with Gasteiger partial charge < -0.3 is 4.42 Å². The molecule has 0 spiro atoms. The van der Waals surface area contributed by atoms with Crippen LogP contribution in [0.1, 0.15) is 17.6 Å². The van der Waals surface area contributed by atoms with Gasteiger partial charge >= 0.3 is 6.01 Å². The average Bonchev–Trinajstić information content (AvgIpc) is 2.72. The molecule has 84 valence electrons. The SMILES string of the molecule is CC(=O)Nc1nnc(-c2sc(C)nc2C)o1. The lowest BCUT2D eigenvalue weighted by Gasteiger charge is -1.91. The van der Waals surface area contributed by atoms with Gasteiger partial charge in [0.2, 0.25) is 5.91 Å². The monoisotopic (exact) mass is 238 g/mol. The molecular weight excluding hydrogens is 228 g/mol. The molecule has 7 heteroatoms. The average molecular weight is 238 g/mol. The number of hydrogen-bond acceptors (Lipinski definition) is 6.